The summed E-state index contributed by atoms with van der Waals surface area (Å²) >= 11 is 6.05. The van der Waals surface area contributed by atoms with Gasteiger partial charge in [-0.25, -0.2) is 17.9 Å². The number of nitrogens with zero attached hydrogens (tertiary/aromatic N) is 1. The Labute approximate surface area is 173 Å². The molecule has 0 bridgehead atoms. The van der Waals surface area contributed by atoms with Gasteiger partial charge in [-0.05, 0) is 35.9 Å². The molecule has 8 nitrogen and oxygen atoms in total. The minimum absolute atomic E-state index is 0.0248. The van der Waals surface area contributed by atoms with Gasteiger partial charge in [-0.2, -0.15) is 0 Å². The highest BCUT2D eigenvalue weighted by atomic mass is 35.5. The average Bonchev–Trinajstić information content (AvgIpc) is 2.72. The maximum absolute atomic E-state index is 12.6. The van der Waals surface area contributed by atoms with Crippen LogP contribution in [0.3, 0.4) is 0 Å². The van der Waals surface area contributed by atoms with Crippen LogP contribution < -0.4 is 14.9 Å². The average molecular weight is 438 g/mol. The Kier molecular flexibility index (Phi) is 6.41. The third-order valence-corrected chi connectivity index (χ3v) is 6.33. The fourth-order valence-corrected chi connectivity index (χ4v) is 4.46. The van der Waals surface area contributed by atoms with Crippen LogP contribution in [-0.4, -0.2) is 47.0 Å². The van der Waals surface area contributed by atoms with E-state index >= 15 is 0 Å². The first-order chi connectivity index (χ1) is 13.8. The van der Waals surface area contributed by atoms with Crippen molar-refractivity contribution in [2.45, 2.75) is 11.4 Å². The van der Waals surface area contributed by atoms with E-state index in [4.69, 9.17) is 11.6 Å². The van der Waals surface area contributed by atoms with E-state index in [2.05, 4.69) is 14.8 Å². The van der Waals surface area contributed by atoms with E-state index in [1.165, 1.54) is 25.3 Å². The maximum Gasteiger partial charge on any atom is 0.337 e. The van der Waals surface area contributed by atoms with Gasteiger partial charge in [0.15, 0.2) is 0 Å². The molecule has 2 aromatic carbocycles. The number of hydrogen-bond acceptors (Lipinski definition) is 6. The largest absolute Gasteiger partial charge is 0.465 e. The van der Waals surface area contributed by atoms with Crippen molar-refractivity contribution in [1.29, 1.82) is 0 Å². The van der Waals surface area contributed by atoms with Crippen LogP contribution in [0.4, 0.5) is 5.69 Å². The summed E-state index contributed by atoms with van der Waals surface area (Å²) in [6.07, 6.45) is 0. The summed E-state index contributed by atoms with van der Waals surface area (Å²) in [4.78, 5) is 24.9. The van der Waals surface area contributed by atoms with Crippen molar-refractivity contribution in [2.24, 2.45) is 0 Å². The number of anilines is 1. The highest BCUT2D eigenvalue weighted by Crippen LogP contribution is 2.23. The van der Waals surface area contributed by atoms with Crippen LogP contribution in [0.2, 0.25) is 5.02 Å². The Morgan fingerprint density at radius 3 is 2.59 bits per heavy atom. The van der Waals surface area contributed by atoms with Crippen LogP contribution in [0.5, 0.6) is 0 Å². The quantitative estimate of drug-likeness (QED) is 0.664. The molecular formula is C19H20ClN3O5S. The molecule has 2 aromatic rings. The normalized spacial score (nSPS) is 14.4. The van der Waals surface area contributed by atoms with Gasteiger partial charge < -0.3 is 15.0 Å². The molecule has 1 heterocycles. The lowest BCUT2D eigenvalue weighted by atomic mass is 10.2. The Morgan fingerprint density at radius 1 is 1.24 bits per heavy atom. The molecule has 0 saturated carbocycles. The maximum atomic E-state index is 12.6. The number of nitrogens with one attached hydrogen (secondary N) is 2. The van der Waals surface area contributed by atoms with E-state index in [1.54, 1.807) is 12.1 Å². The highest BCUT2D eigenvalue weighted by molar-refractivity contribution is 7.89. The predicted molar refractivity (Wildman–Crippen MR) is 108 cm³/mol. The Balaban J connectivity index is 1.67. The molecule has 1 aliphatic rings. The smallest absolute Gasteiger partial charge is 0.337 e. The summed E-state index contributed by atoms with van der Waals surface area (Å²) < 4.78 is 32.2. The Hall–Kier alpha value is -2.62. The zero-order valence-electron chi connectivity index (χ0n) is 15.6. The van der Waals surface area contributed by atoms with Crippen molar-refractivity contribution in [3.63, 3.8) is 0 Å². The number of carbonyl (C=O) groups excluding carboxylic acids is 2. The van der Waals surface area contributed by atoms with Crippen LogP contribution in [0.25, 0.3) is 0 Å². The molecule has 154 valence electrons. The van der Waals surface area contributed by atoms with Gasteiger partial charge in [0, 0.05) is 25.3 Å². The molecular weight excluding hydrogens is 418 g/mol. The summed E-state index contributed by atoms with van der Waals surface area (Å²) in [6.45, 7) is 1.68. The van der Waals surface area contributed by atoms with Crippen LogP contribution in [0, 0.1) is 0 Å². The first-order valence-electron chi connectivity index (χ1n) is 8.78. The van der Waals surface area contributed by atoms with Crippen molar-refractivity contribution >= 4 is 39.2 Å². The van der Waals surface area contributed by atoms with Gasteiger partial charge in [0.1, 0.15) is 4.90 Å². The number of piperazine rings is 1. The van der Waals surface area contributed by atoms with E-state index in [9.17, 15) is 18.0 Å². The van der Waals surface area contributed by atoms with Crippen molar-refractivity contribution in [3.05, 3.63) is 58.6 Å². The molecule has 0 atom stereocenters. The third kappa shape index (κ3) is 5.06. The zero-order chi connectivity index (χ0) is 21.0. The van der Waals surface area contributed by atoms with Crippen LogP contribution in [0.1, 0.15) is 15.9 Å². The van der Waals surface area contributed by atoms with Crippen LogP contribution in [0.15, 0.2) is 47.4 Å². The lowest BCUT2D eigenvalue weighted by molar-refractivity contribution is -0.120. The standard InChI is InChI=1S/C19H20ClN3O5S/c1-28-19(25)14-4-7-17(16(20)10-14)29(26,27)22-11-13-2-5-15(6-3-13)23-9-8-21-18(24)12-23/h2-7,10,22H,8-9,11-12H2,1H3,(H,21,24). The SMILES string of the molecule is COC(=O)c1ccc(S(=O)(=O)NCc2ccc(N3CCNC(=O)C3)cc2)c(Cl)c1. The number of benzene rings is 2. The van der Waals surface area contributed by atoms with Crippen LogP contribution >= 0.6 is 11.6 Å². The lowest BCUT2D eigenvalue weighted by Gasteiger charge is -2.28. The van der Waals surface area contributed by atoms with Crippen LogP contribution in [-0.2, 0) is 26.1 Å². The summed E-state index contributed by atoms with van der Waals surface area (Å²) in [6, 6.07) is 11.2. The fourth-order valence-electron chi connectivity index (χ4n) is 2.90. The molecule has 1 saturated heterocycles. The highest BCUT2D eigenvalue weighted by Gasteiger charge is 2.20. The first-order valence-corrected chi connectivity index (χ1v) is 10.6. The van der Waals surface area contributed by atoms with E-state index in [1.807, 2.05) is 17.0 Å². The Bertz CT molecular complexity index is 1020. The number of amides is 1. The molecule has 3 rings (SSSR count). The molecule has 1 amide bonds. The van der Waals surface area contributed by atoms with Gasteiger partial charge >= 0.3 is 5.97 Å². The minimum Gasteiger partial charge on any atom is -0.465 e. The fraction of sp³-hybridized carbons (Fsp3) is 0.263. The van der Waals surface area contributed by atoms with Gasteiger partial charge in [0.05, 0.1) is 24.2 Å². The monoisotopic (exact) mass is 437 g/mol. The number of methoxy groups -OCH3 is 1. The second kappa shape index (κ2) is 8.81. The summed E-state index contributed by atoms with van der Waals surface area (Å²) in [5, 5.41) is 2.70. The second-order valence-corrected chi connectivity index (χ2v) is 8.54. The Morgan fingerprint density at radius 2 is 1.97 bits per heavy atom. The molecule has 1 aliphatic heterocycles. The summed E-state index contributed by atoms with van der Waals surface area (Å²) in [7, 11) is -2.64. The van der Waals surface area contributed by atoms with E-state index in [-0.39, 0.29) is 27.9 Å². The van der Waals surface area contributed by atoms with E-state index in [0.29, 0.717) is 13.1 Å². The van der Waals surface area contributed by atoms with Gasteiger partial charge in [-0.3, -0.25) is 4.79 Å². The van der Waals surface area contributed by atoms with Gasteiger partial charge in [-0.1, -0.05) is 23.7 Å². The summed E-state index contributed by atoms with van der Waals surface area (Å²) in [5.74, 6) is -0.627. The van der Waals surface area contributed by atoms with Crippen molar-refractivity contribution in [1.82, 2.24) is 10.0 Å². The number of carbonyl (C=O) groups is 2. The van der Waals surface area contributed by atoms with Gasteiger partial charge in [-0.15, -0.1) is 0 Å². The number of halogens is 1. The van der Waals surface area contributed by atoms with Gasteiger partial charge in [0.25, 0.3) is 0 Å². The lowest BCUT2D eigenvalue weighted by Crippen LogP contribution is -2.47. The molecule has 1 fully saturated rings. The minimum atomic E-state index is -3.87. The van der Waals surface area contributed by atoms with Crippen molar-refractivity contribution in [3.8, 4) is 0 Å². The van der Waals surface area contributed by atoms with Gasteiger partial charge in [0.2, 0.25) is 15.9 Å². The number of hydrogen-bond donors (Lipinski definition) is 2. The van der Waals surface area contributed by atoms with Crippen molar-refractivity contribution in [2.75, 3.05) is 31.6 Å². The van der Waals surface area contributed by atoms with E-state index in [0.717, 1.165) is 17.8 Å². The second-order valence-electron chi connectivity index (χ2n) is 6.40. The molecule has 10 heteroatoms. The van der Waals surface area contributed by atoms with E-state index < -0.39 is 16.0 Å². The number of ether oxygens (including phenoxy) is 1. The predicted octanol–water partition coefficient (Wildman–Crippen LogP) is 1.54. The molecule has 2 N–H and O–H groups in total. The molecule has 0 unspecified atom stereocenters. The summed E-state index contributed by atoms with van der Waals surface area (Å²) in [5.41, 5.74) is 1.81. The third-order valence-electron chi connectivity index (χ3n) is 4.45. The van der Waals surface area contributed by atoms with Crippen molar-refractivity contribution < 1.29 is 22.7 Å². The molecule has 0 aliphatic carbocycles. The zero-order valence-corrected chi connectivity index (χ0v) is 17.2. The molecule has 0 radical (unpaired) electrons. The molecule has 0 aromatic heterocycles. The number of sulfonamides is 1. The molecule has 0 spiro atoms. The topological polar surface area (TPSA) is 105 Å². The molecule has 29 heavy (non-hydrogen) atoms. The first kappa shape index (κ1) is 21.1. The number of esters is 1. The number of rotatable bonds is 6.